The average Bonchev–Trinajstić information content (AvgIpc) is 2.21. The summed E-state index contributed by atoms with van der Waals surface area (Å²) in [6, 6.07) is 0.177. The third-order valence-electron chi connectivity index (χ3n) is 2.08. The first-order chi connectivity index (χ1) is 7.20. The molecule has 15 heavy (non-hydrogen) atoms. The van der Waals surface area contributed by atoms with Crippen LogP contribution in [0.15, 0.2) is 0 Å². The van der Waals surface area contributed by atoms with E-state index in [1.165, 1.54) is 12.8 Å². The second-order valence-corrected chi connectivity index (χ2v) is 4.85. The molecule has 0 aliphatic carbocycles. The first-order valence-corrected chi connectivity index (χ1v) is 6.84. The Balaban J connectivity index is 3.38. The van der Waals surface area contributed by atoms with Gasteiger partial charge in [-0.1, -0.05) is 13.3 Å². The van der Waals surface area contributed by atoms with Crippen molar-refractivity contribution >= 4 is 17.7 Å². The van der Waals surface area contributed by atoms with Crippen molar-refractivity contribution in [3.63, 3.8) is 0 Å². The molecule has 0 heterocycles. The van der Waals surface area contributed by atoms with Crippen LogP contribution in [0.5, 0.6) is 0 Å². The molecule has 4 heteroatoms. The number of nitrogens with one attached hydrogen (secondary N) is 1. The molecular formula is C11H23NO2S. The molecule has 90 valence electrons. The molecule has 1 atom stereocenters. The van der Waals surface area contributed by atoms with Crippen molar-refractivity contribution in [2.24, 2.45) is 0 Å². The van der Waals surface area contributed by atoms with Crippen molar-refractivity contribution in [1.82, 2.24) is 5.32 Å². The lowest BCUT2D eigenvalue weighted by Gasteiger charge is -2.12. The maximum Gasteiger partial charge on any atom is 0.230 e. The van der Waals surface area contributed by atoms with Gasteiger partial charge >= 0.3 is 0 Å². The molecule has 0 rings (SSSR count). The van der Waals surface area contributed by atoms with Crippen LogP contribution in [0.1, 0.15) is 39.5 Å². The molecule has 0 bridgehead atoms. The number of hydrogen-bond donors (Lipinski definition) is 2. The highest BCUT2D eigenvalue weighted by Crippen LogP contribution is 2.04. The summed E-state index contributed by atoms with van der Waals surface area (Å²) in [5.41, 5.74) is 0. The molecule has 0 saturated heterocycles. The van der Waals surface area contributed by atoms with Gasteiger partial charge in [0.25, 0.3) is 0 Å². The SMILES string of the molecule is CCCCSCC(=O)NC(C)CCCO. The molecule has 0 aromatic heterocycles. The summed E-state index contributed by atoms with van der Waals surface area (Å²) in [7, 11) is 0. The highest BCUT2D eigenvalue weighted by atomic mass is 32.2. The molecule has 3 nitrogen and oxygen atoms in total. The van der Waals surface area contributed by atoms with Gasteiger partial charge in [0.2, 0.25) is 5.91 Å². The predicted octanol–water partition coefficient (Wildman–Crippen LogP) is 1.80. The molecule has 0 aliphatic rings. The number of rotatable bonds is 9. The number of unbranched alkanes of at least 4 members (excludes halogenated alkanes) is 1. The van der Waals surface area contributed by atoms with Gasteiger partial charge in [-0.05, 0) is 31.9 Å². The molecule has 0 fully saturated rings. The molecule has 1 amide bonds. The topological polar surface area (TPSA) is 49.3 Å². The van der Waals surface area contributed by atoms with Gasteiger partial charge < -0.3 is 10.4 Å². The zero-order valence-electron chi connectivity index (χ0n) is 9.79. The zero-order chi connectivity index (χ0) is 11.5. The lowest BCUT2D eigenvalue weighted by Crippen LogP contribution is -2.34. The molecule has 0 aromatic carbocycles. The van der Waals surface area contributed by atoms with Crippen molar-refractivity contribution in [1.29, 1.82) is 0 Å². The summed E-state index contributed by atoms with van der Waals surface area (Å²) in [5, 5.41) is 11.6. The van der Waals surface area contributed by atoms with Gasteiger partial charge in [-0.15, -0.1) is 0 Å². The maximum atomic E-state index is 11.4. The van der Waals surface area contributed by atoms with E-state index < -0.39 is 0 Å². The lowest BCUT2D eigenvalue weighted by atomic mass is 10.2. The highest BCUT2D eigenvalue weighted by molar-refractivity contribution is 7.99. The van der Waals surface area contributed by atoms with E-state index in [0.717, 1.165) is 18.6 Å². The largest absolute Gasteiger partial charge is 0.396 e. The molecule has 2 N–H and O–H groups in total. The van der Waals surface area contributed by atoms with Gasteiger partial charge in [-0.3, -0.25) is 4.79 Å². The van der Waals surface area contributed by atoms with Crippen molar-refractivity contribution < 1.29 is 9.90 Å². The predicted molar refractivity (Wildman–Crippen MR) is 66.2 cm³/mol. The van der Waals surface area contributed by atoms with Crippen molar-refractivity contribution in [3.05, 3.63) is 0 Å². The summed E-state index contributed by atoms with van der Waals surface area (Å²) in [4.78, 5) is 11.4. The Hall–Kier alpha value is -0.220. The number of carbonyl (C=O) groups excluding carboxylic acids is 1. The third-order valence-corrected chi connectivity index (χ3v) is 3.12. The van der Waals surface area contributed by atoms with Crippen LogP contribution >= 0.6 is 11.8 Å². The summed E-state index contributed by atoms with van der Waals surface area (Å²) in [5.74, 6) is 1.74. The first kappa shape index (κ1) is 14.8. The zero-order valence-corrected chi connectivity index (χ0v) is 10.6. The molecular weight excluding hydrogens is 210 g/mol. The molecule has 0 spiro atoms. The number of hydrogen-bond acceptors (Lipinski definition) is 3. The number of carbonyl (C=O) groups is 1. The minimum Gasteiger partial charge on any atom is -0.396 e. The molecule has 0 saturated carbocycles. The Kier molecular flexibility index (Phi) is 10.2. The van der Waals surface area contributed by atoms with Crippen LogP contribution in [-0.2, 0) is 4.79 Å². The van der Waals surface area contributed by atoms with E-state index in [2.05, 4.69) is 12.2 Å². The monoisotopic (exact) mass is 233 g/mol. The van der Waals surface area contributed by atoms with Crippen LogP contribution in [-0.4, -0.2) is 35.2 Å². The van der Waals surface area contributed by atoms with Gasteiger partial charge in [0, 0.05) is 12.6 Å². The fourth-order valence-corrected chi connectivity index (χ4v) is 2.10. The minimum absolute atomic E-state index is 0.113. The standard InChI is InChI=1S/C11H23NO2S/c1-3-4-8-15-9-11(14)12-10(2)6-5-7-13/h10,13H,3-9H2,1-2H3,(H,12,14). The molecule has 0 aliphatic heterocycles. The summed E-state index contributed by atoms with van der Waals surface area (Å²) >= 11 is 1.69. The van der Waals surface area contributed by atoms with Gasteiger partial charge in [0.05, 0.1) is 5.75 Å². The molecule has 0 aromatic rings. The Morgan fingerprint density at radius 2 is 2.20 bits per heavy atom. The van der Waals surface area contributed by atoms with Gasteiger partial charge in [0.15, 0.2) is 0 Å². The quantitative estimate of drug-likeness (QED) is 0.597. The van der Waals surface area contributed by atoms with Gasteiger partial charge in [-0.25, -0.2) is 0 Å². The molecule has 1 unspecified atom stereocenters. The fourth-order valence-electron chi connectivity index (χ4n) is 1.20. The van der Waals surface area contributed by atoms with Gasteiger partial charge in [-0.2, -0.15) is 11.8 Å². The van der Waals surface area contributed by atoms with E-state index in [9.17, 15) is 4.79 Å². The number of amides is 1. The van der Waals surface area contributed by atoms with E-state index in [1.807, 2.05) is 6.92 Å². The fraction of sp³-hybridized carbons (Fsp3) is 0.909. The van der Waals surface area contributed by atoms with Crippen molar-refractivity contribution in [2.45, 2.75) is 45.6 Å². The van der Waals surface area contributed by atoms with Crippen LogP contribution in [0.25, 0.3) is 0 Å². The van der Waals surface area contributed by atoms with Gasteiger partial charge in [0.1, 0.15) is 0 Å². The van der Waals surface area contributed by atoms with E-state index in [-0.39, 0.29) is 18.6 Å². The number of aliphatic hydroxyl groups excluding tert-OH is 1. The third kappa shape index (κ3) is 10.1. The van der Waals surface area contributed by atoms with Crippen LogP contribution in [0.3, 0.4) is 0 Å². The van der Waals surface area contributed by atoms with Crippen LogP contribution in [0.2, 0.25) is 0 Å². The maximum absolute atomic E-state index is 11.4. The Morgan fingerprint density at radius 1 is 1.47 bits per heavy atom. The van der Waals surface area contributed by atoms with E-state index in [0.29, 0.717) is 5.75 Å². The van der Waals surface area contributed by atoms with Crippen LogP contribution in [0.4, 0.5) is 0 Å². The Labute approximate surface area is 97.0 Å². The summed E-state index contributed by atoms with van der Waals surface area (Å²) < 4.78 is 0. The van der Waals surface area contributed by atoms with E-state index in [1.54, 1.807) is 11.8 Å². The normalized spacial score (nSPS) is 12.5. The second-order valence-electron chi connectivity index (χ2n) is 3.74. The summed E-state index contributed by atoms with van der Waals surface area (Å²) in [6.07, 6.45) is 3.96. The lowest BCUT2D eigenvalue weighted by molar-refractivity contribution is -0.119. The van der Waals surface area contributed by atoms with Crippen LogP contribution < -0.4 is 5.32 Å². The molecule has 0 radical (unpaired) electrons. The number of thioether (sulfide) groups is 1. The second kappa shape index (κ2) is 10.3. The van der Waals surface area contributed by atoms with Crippen molar-refractivity contribution in [2.75, 3.05) is 18.1 Å². The highest BCUT2D eigenvalue weighted by Gasteiger charge is 2.06. The summed E-state index contributed by atoms with van der Waals surface area (Å²) in [6.45, 7) is 4.33. The smallest absolute Gasteiger partial charge is 0.230 e. The van der Waals surface area contributed by atoms with Crippen molar-refractivity contribution in [3.8, 4) is 0 Å². The Morgan fingerprint density at radius 3 is 2.80 bits per heavy atom. The van der Waals surface area contributed by atoms with E-state index >= 15 is 0 Å². The van der Waals surface area contributed by atoms with E-state index in [4.69, 9.17) is 5.11 Å². The Bertz CT molecular complexity index is 165. The minimum atomic E-state index is 0.113. The first-order valence-electron chi connectivity index (χ1n) is 5.68. The van der Waals surface area contributed by atoms with Crippen LogP contribution in [0, 0.1) is 0 Å². The average molecular weight is 233 g/mol. The number of aliphatic hydroxyl groups is 1.